The summed E-state index contributed by atoms with van der Waals surface area (Å²) in [5, 5.41) is 7.45. The molecule has 0 heterocycles. The first kappa shape index (κ1) is 22.1. The van der Waals surface area contributed by atoms with Crippen LogP contribution >= 0.6 is 11.6 Å². The second-order valence-electron chi connectivity index (χ2n) is 6.69. The summed E-state index contributed by atoms with van der Waals surface area (Å²) in [7, 11) is 1.54. The largest absolute Gasteiger partial charge is 0.496 e. The summed E-state index contributed by atoms with van der Waals surface area (Å²) < 4.78 is 5.26. The van der Waals surface area contributed by atoms with Crippen LogP contribution in [0, 0.1) is 0 Å². The monoisotopic (exact) mass is 435 g/mol. The Bertz CT molecular complexity index is 1060. The molecule has 31 heavy (non-hydrogen) atoms. The number of carbonyl (C=O) groups excluding carboxylic acids is 2. The van der Waals surface area contributed by atoms with E-state index in [4.69, 9.17) is 16.3 Å². The van der Waals surface area contributed by atoms with Gasteiger partial charge in [0.1, 0.15) is 5.75 Å². The van der Waals surface area contributed by atoms with Crippen molar-refractivity contribution in [3.05, 3.63) is 101 Å². The Kier molecular flexibility index (Phi) is 7.79. The Balaban J connectivity index is 1.69. The van der Waals surface area contributed by atoms with E-state index in [1.54, 1.807) is 49.6 Å². The minimum absolute atomic E-state index is 0.0204. The SMILES string of the molecule is COc1ccc(Cl)cc1/C=N\NC(=O)C[C@H](NC(=O)c1ccccc1)c1ccccc1. The highest BCUT2D eigenvalue weighted by molar-refractivity contribution is 6.30. The molecule has 0 aliphatic carbocycles. The van der Waals surface area contributed by atoms with Gasteiger partial charge >= 0.3 is 0 Å². The molecule has 0 aliphatic heterocycles. The van der Waals surface area contributed by atoms with Crippen LogP contribution in [0.2, 0.25) is 5.02 Å². The zero-order valence-electron chi connectivity index (χ0n) is 16.9. The summed E-state index contributed by atoms with van der Waals surface area (Å²) in [5.74, 6) is -0.0198. The van der Waals surface area contributed by atoms with Gasteiger partial charge in [-0.1, -0.05) is 60.1 Å². The Morgan fingerprint density at radius 3 is 2.39 bits per heavy atom. The number of hydrazone groups is 1. The van der Waals surface area contributed by atoms with E-state index in [0.29, 0.717) is 21.9 Å². The molecule has 2 amide bonds. The van der Waals surface area contributed by atoms with Gasteiger partial charge in [-0.15, -0.1) is 0 Å². The number of benzene rings is 3. The van der Waals surface area contributed by atoms with Crippen LogP contribution in [0.15, 0.2) is 84.0 Å². The maximum atomic E-state index is 12.6. The van der Waals surface area contributed by atoms with Crippen LogP contribution in [-0.4, -0.2) is 25.1 Å². The van der Waals surface area contributed by atoms with Crippen molar-refractivity contribution in [1.82, 2.24) is 10.7 Å². The molecule has 6 nitrogen and oxygen atoms in total. The molecule has 0 bridgehead atoms. The second kappa shape index (κ2) is 10.9. The molecule has 1 atom stereocenters. The molecule has 158 valence electrons. The van der Waals surface area contributed by atoms with Crippen molar-refractivity contribution in [2.45, 2.75) is 12.5 Å². The molecule has 0 unspecified atom stereocenters. The molecule has 3 aromatic carbocycles. The molecule has 0 saturated carbocycles. The number of halogens is 1. The van der Waals surface area contributed by atoms with Crippen molar-refractivity contribution in [1.29, 1.82) is 0 Å². The lowest BCUT2D eigenvalue weighted by Crippen LogP contribution is -2.32. The fourth-order valence-electron chi connectivity index (χ4n) is 2.98. The number of rotatable bonds is 8. The summed E-state index contributed by atoms with van der Waals surface area (Å²) >= 11 is 6.01. The molecule has 3 aromatic rings. The molecule has 0 saturated heterocycles. The number of methoxy groups -OCH3 is 1. The number of carbonyl (C=O) groups is 2. The van der Waals surface area contributed by atoms with Crippen molar-refractivity contribution in [2.75, 3.05) is 7.11 Å². The lowest BCUT2D eigenvalue weighted by Gasteiger charge is -2.18. The van der Waals surface area contributed by atoms with Crippen molar-refractivity contribution in [3.8, 4) is 5.75 Å². The van der Waals surface area contributed by atoms with Gasteiger partial charge in [0.2, 0.25) is 5.91 Å². The molecular weight excluding hydrogens is 414 g/mol. The van der Waals surface area contributed by atoms with Crippen molar-refractivity contribution in [3.63, 3.8) is 0 Å². The Labute approximate surface area is 185 Å². The first-order valence-electron chi connectivity index (χ1n) is 9.63. The van der Waals surface area contributed by atoms with Gasteiger partial charge in [0.05, 0.1) is 25.8 Å². The number of ether oxygens (including phenoxy) is 1. The quantitative estimate of drug-likeness (QED) is 0.407. The van der Waals surface area contributed by atoms with Gasteiger partial charge in [-0.25, -0.2) is 5.43 Å². The van der Waals surface area contributed by atoms with E-state index in [2.05, 4.69) is 15.8 Å². The van der Waals surface area contributed by atoms with Gasteiger partial charge in [0.25, 0.3) is 5.91 Å². The van der Waals surface area contributed by atoms with Crippen LogP contribution in [0.3, 0.4) is 0 Å². The topological polar surface area (TPSA) is 79.8 Å². The molecule has 0 fully saturated rings. The van der Waals surface area contributed by atoms with Crippen molar-refractivity contribution >= 4 is 29.6 Å². The minimum Gasteiger partial charge on any atom is -0.496 e. The van der Waals surface area contributed by atoms with E-state index < -0.39 is 6.04 Å². The van der Waals surface area contributed by atoms with Crippen LogP contribution in [0.1, 0.15) is 33.9 Å². The predicted molar refractivity (Wildman–Crippen MR) is 121 cm³/mol. The number of amides is 2. The van der Waals surface area contributed by atoms with Crippen LogP contribution in [0.25, 0.3) is 0 Å². The van der Waals surface area contributed by atoms with Crippen LogP contribution in [0.5, 0.6) is 5.75 Å². The van der Waals surface area contributed by atoms with Crippen LogP contribution < -0.4 is 15.5 Å². The highest BCUT2D eigenvalue weighted by Crippen LogP contribution is 2.21. The van der Waals surface area contributed by atoms with Crippen LogP contribution in [0.4, 0.5) is 0 Å². The van der Waals surface area contributed by atoms with Crippen molar-refractivity contribution in [2.24, 2.45) is 5.10 Å². The van der Waals surface area contributed by atoms with E-state index in [1.165, 1.54) is 6.21 Å². The zero-order chi connectivity index (χ0) is 22.1. The smallest absolute Gasteiger partial charge is 0.251 e. The standard InChI is InChI=1S/C24H22ClN3O3/c1-31-22-13-12-20(25)14-19(22)16-26-28-23(29)15-21(17-8-4-2-5-9-17)27-24(30)18-10-6-3-7-11-18/h2-14,16,21H,15H2,1H3,(H,27,30)(H,28,29)/b26-16-/t21-/m0/s1. The third kappa shape index (κ3) is 6.42. The Morgan fingerprint density at radius 2 is 1.71 bits per heavy atom. The number of nitrogens with one attached hydrogen (secondary N) is 2. The lowest BCUT2D eigenvalue weighted by molar-refractivity contribution is -0.121. The third-order valence-corrected chi connectivity index (χ3v) is 4.75. The molecule has 7 heteroatoms. The maximum Gasteiger partial charge on any atom is 0.251 e. The summed E-state index contributed by atoms with van der Waals surface area (Å²) in [5.41, 5.74) is 4.47. The maximum absolute atomic E-state index is 12.6. The number of nitrogens with zero attached hydrogens (tertiary/aromatic N) is 1. The lowest BCUT2D eigenvalue weighted by atomic mass is 10.0. The highest BCUT2D eigenvalue weighted by atomic mass is 35.5. The summed E-state index contributed by atoms with van der Waals surface area (Å²) in [6, 6.07) is 22.8. The predicted octanol–water partition coefficient (Wildman–Crippen LogP) is 4.36. The van der Waals surface area contributed by atoms with Gasteiger partial charge < -0.3 is 10.1 Å². The van der Waals surface area contributed by atoms with E-state index in [9.17, 15) is 9.59 Å². The van der Waals surface area contributed by atoms with Crippen LogP contribution in [-0.2, 0) is 4.79 Å². The molecule has 0 spiro atoms. The van der Waals surface area contributed by atoms with E-state index in [0.717, 1.165) is 5.56 Å². The van der Waals surface area contributed by atoms with Gasteiger partial charge in [0, 0.05) is 16.1 Å². The van der Waals surface area contributed by atoms with E-state index in [1.807, 2.05) is 36.4 Å². The third-order valence-electron chi connectivity index (χ3n) is 4.52. The molecular formula is C24H22ClN3O3. The molecule has 0 radical (unpaired) electrons. The first-order chi connectivity index (χ1) is 15.1. The van der Waals surface area contributed by atoms with E-state index in [-0.39, 0.29) is 18.2 Å². The normalized spacial score (nSPS) is 11.7. The number of hydrogen-bond acceptors (Lipinski definition) is 4. The van der Waals surface area contributed by atoms with Gasteiger partial charge in [-0.3, -0.25) is 9.59 Å². The van der Waals surface area contributed by atoms with Gasteiger partial charge in [-0.2, -0.15) is 5.10 Å². The van der Waals surface area contributed by atoms with Gasteiger partial charge in [-0.05, 0) is 35.9 Å². The zero-order valence-corrected chi connectivity index (χ0v) is 17.7. The fraction of sp³-hybridized carbons (Fsp3) is 0.125. The van der Waals surface area contributed by atoms with E-state index >= 15 is 0 Å². The Morgan fingerprint density at radius 1 is 1.03 bits per heavy atom. The second-order valence-corrected chi connectivity index (χ2v) is 7.12. The molecule has 3 rings (SSSR count). The highest BCUT2D eigenvalue weighted by Gasteiger charge is 2.19. The van der Waals surface area contributed by atoms with Crippen molar-refractivity contribution < 1.29 is 14.3 Å². The minimum atomic E-state index is -0.509. The molecule has 0 aliphatic rings. The summed E-state index contributed by atoms with van der Waals surface area (Å²) in [4.78, 5) is 25.1. The average Bonchev–Trinajstić information content (AvgIpc) is 2.80. The average molecular weight is 436 g/mol. The molecule has 2 N–H and O–H groups in total. The van der Waals surface area contributed by atoms with Gasteiger partial charge in [0.15, 0.2) is 0 Å². The summed E-state index contributed by atoms with van der Waals surface area (Å²) in [6.45, 7) is 0. The fourth-order valence-corrected chi connectivity index (χ4v) is 3.16. The number of hydrogen-bond donors (Lipinski definition) is 2. The Hall–Kier alpha value is -3.64. The first-order valence-corrected chi connectivity index (χ1v) is 10.0. The molecule has 0 aromatic heterocycles. The summed E-state index contributed by atoms with van der Waals surface area (Å²) in [6.07, 6.45) is 1.48.